The van der Waals surface area contributed by atoms with Crippen molar-refractivity contribution in [3.63, 3.8) is 0 Å². The molecule has 1 N–H and O–H groups in total. The van der Waals surface area contributed by atoms with E-state index >= 15 is 0 Å². The fourth-order valence-electron chi connectivity index (χ4n) is 2.80. The number of rotatable bonds is 4. The third-order valence-corrected chi connectivity index (χ3v) is 3.99. The number of nitrogens with one attached hydrogen (secondary N) is 1. The molecule has 0 bridgehead atoms. The highest BCUT2D eigenvalue weighted by Gasteiger charge is 2.32. The van der Waals surface area contributed by atoms with Crippen LogP contribution in [0.3, 0.4) is 0 Å². The van der Waals surface area contributed by atoms with Crippen LogP contribution < -0.4 is 10.2 Å². The van der Waals surface area contributed by atoms with Crippen LogP contribution in [0.5, 0.6) is 0 Å². The van der Waals surface area contributed by atoms with Gasteiger partial charge in [-0.05, 0) is 44.4 Å². The van der Waals surface area contributed by atoms with Crippen LogP contribution in [0.1, 0.15) is 39.2 Å². The topological polar surface area (TPSA) is 15.3 Å². The average molecular weight is 246 g/mol. The quantitative estimate of drug-likeness (QED) is 0.877. The maximum atomic E-state index is 3.59. The van der Waals surface area contributed by atoms with E-state index in [1.54, 1.807) is 0 Å². The van der Waals surface area contributed by atoms with Crippen LogP contribution in [0, 0.1) is 0 Å². The summed E-state index contributed by atoms with van der Waals surface area (Å²) in [6.07, 6.45) is 3.61. The third-order valence-electron chi connectivity index (χ3n) is 3.99. The zero-order valence-electron chi connectivity index (χ0n) is 12.2. The highest BCUT2D eigenvalue weighted by molar-refractivity contribution is 5.48. The first kappa shape index (κ1) is 13.4. The molecule has 0 aromatic heterocycles. The van der Waals surface area contributed by atoms with Crippen LogP contribution in [0.4, 0.5) is 5.69 Å². The van der Waals surface area contributed by atoms with Gasteiger partial charge in [0.15, 0.2) is 0 Å². The molecule has 1 atom stereocenters. The number of nitrogens with zero attached hydrogens (tertiary/aromatic N) is 1. The Hall–Kier alpha value is -1.02. The highest BCUT2D eigenvalue weighted by atomic mass is 15.2. The molecule has 1 aliphatic rings. The molecule has 18 heavy (non-hydrogen) atoms. The van der Waals surface area contributed by atoms with Crippen molar-refractivity contribution < 1.29 is 0 Å². The van der Waals surface area contributed by atoms with Crippen LogP contribution >= 0.6 is 0 Å². The van der Waals surface area contributed by atoms with Crippen molar-refractivity contribution in [2.24, 2.45) is 0 Å². The van der Waals surface area contributed by atoms with Gasteiger partial charge in [-0.3, -0.25) is 0 Å². The molecule has 2 heteroatoms. The zero-order chi connectivity index (χ0) is 13.2. The Balaban J connectivity index is 2.03. The van der Waals surface area contributed by atoms with Gasteiger partial charge in [0.25, 0.3) is 0 Å². The molecule has 100 valence electrons. The largest absolute Gasteiger partial charge is 0.370 e. The second-order valence-corrected chi connectivity index (χ2v) is 6.15. The molecule has 1 aromatic carbocycles. The van der Waals surface area contributed by atoms with E-state index in [1.165, 1.54) is 30.5 Å². The van der Waals surface area contributed by atoms with Gasteiger partial charge < -0.3 is 10.2 Å². The zero-order valence-corrected chi connectivity index (χ0v) is 12.2. The summed E-state index contributed by atoms with van der Waals surface area (Å²) < 4.78 is 0. The van der Waals surface area contributed by atoms with Gasteiger partial charge in [-0.25, -0.2) is 0 Å². The van der Waals surface area contributed by atoms with Gasteiger partial charge in [-0.2, -0.15) is 0 Å². The van der Waals surface area contributed by atoms with Crippen molar-refractivity contribution in [1.29, 1.82) is 0 Å². The van der Waals surface area contributed by atoms with E-state index in [-0.39, 0.29) is 5.54 Å². The van der Waals surface area contributed by atoms with Crippen LogP contribution in [-0.4, -0.2) is 25.2 Å². The summed E-state index contributed by atoms with van der Waals surface area (Å²) in [4.78, 5) is 2.41. The second-order valence-electron chi connectivity index (χ2n) is 6.15. The van der Waals surface area contributed by atoms with Crippen molar-refractivity contribution in [3.8, 4) is 0 Å². The van der Waals surface area contributed by atoms with Crippen molar-refractivity contribution in [2.75, 3.05) is 18.5 Å². The molecule has 2 rings (SSSR count). The molecule has 1 unspecified atom stereocenters. The monoisotopic (exact) mass is 246 g/mol. The lowest BCUT2D eigenvalue weighted by Crippen LogP contribution is -2.33. The summed E-state index contributed by atoms with van der Waals surface area (Å²) in [6, 6.07) is 9.66. The van der Waals surface area contributed by atoms with Crippen LogP contribution in [-0.2, 0) is 6.42 Å². The van der Waals surface area contributed by atoms with Crippen molar-refractivity contribution in [2.45, 2.75) is 51.6 Å². The number of benzene rings is 1. The maximum Gasteiger partial charge on any atom is 0.0428 e. The number of aryl methyl sites for hydroxylation is 1. The normalized spacial score (nSPS) is 22.1. The maximum absolute atomic E-state index is 3.59. The van der Waals surface area contributed by atoms with Crippen molar-refractivity contribution in [1.82, 2.24) is 5.32 Å². The summed E-state index contributed by atoms with van der Waals surface area (Å²) in [6.45, 7) is 7.88. The van der Waals surface area contributed by atoms with E-state index < -0.39 is 0 Å². The van der Waals surface area contributed by atoms with Gasteiger partial charge in [0.2, 0.25) is 0 Å². The Morgan fingerprint density at radius 3 is 2.44 bits per heavy atom. The van der Waals surface area contributed by atoms with Gasteiger partial charge in [0.1, 0.15) is 0 Å². The molecule has 1 aliphatic heterocycles. The van der Waals surface area contributed by atoms with E-state index in [2.05, 4.69) is 62.3 Å². The smallest absolute Gasteiger partial charge is 0.0428 e. The van der Waals surface area contributed by atoms with Gasteiger partial charge in [0, 0.05) is 30.9 Å². The lowest BCUT2D eigenvalue weighted by Gasteiger charge is -2.27. The molecular weight excluding hydrogens is 220 g/mol. The molecule has 2 nitrogen and oxygen atoms in total. The van der Waals surface area contributed by atoms with E-state index in [0.717, 1.165) is 6.54 Å². The Kier molecular flexibility index (Phi) is 3.96. The lowest BCUT2D eigenvalue weighted by atomic mass is 10.0. The average Bonchev–Trinajstić information content (AvgIpc) is 2.70. The highest BCUT2D eigenvalue weighted by Crippen LogP contribution is 2.25. The number of hydrogen-bond donors (Lipinski definition) is 1. The molecular formula is C16H26N2. The predicted molar refractivity (Wildman–Crippen MR) is 79.3 cm³/mol. The van der Waals surface area contributed by atoms with Crippen molar-refractivity contribution >= 4 is 5.69 Å². The van der Waals surface area contributed by atoms with Gasteiger partial charge in [-0.1, -0.05) is 25.5 Å². The standard InChI is InChI=1S/C16H26N2/c1-5-6-13-7-9-14(10-8-13)18(4)15-11-16(2,3)17-12-15/h7-10,15,17H,5-6,11-12H2,1-4H3. The molecule has 1 aromatic rings. The Bertz CT molecular complexity index is 381. The fraction of sp³-hybridized carbons (Fsp3) is 0.625. The minimum absolute atomic E-state index is 0.279. The number of likely N-dealkylation sites (N-methyl/N-ethyl adjacent to an activating group) is 1. The van der Waals surface area contributed by atoms with E-state index in [4.69, 9.17) is 0 Å². The Morgan fingerprint density at radius 1 is 1.28 bits per heavy atom. The summed E-state index contributed by atoms with van der Waals surface area (Å²) in [5.74, 6) is 0. The van der Waals surface area contributed by atoms with Crippen LogP contribution in [0.15, 0.2) is 24.3 Å². The van der Waals surface area contributed by atoms with Crippen LogP contribution in [0.2, 0.25) is 0 Å². The second kappa shape index (κ2) is 5.31. The van der Waals surface area contributed by atoms with E-state index in [0.29, 0.717) is 6.04 Å². The molecule has 1 heterocycles. The lowest BCUT2D eigenvalue weighted by molar-refractivity contribution is 0.454. The molecule has 1 fully saturated rings. The van der Waals surface area contributed by atoms with Gasteiger partial charge in [-0.15, -0.1) is 0 Å². The number of hydrogen-bond acceptors (Lipinski definition) is 2. The first-order chi connectivity index (χ1) is 8.52. The molecule has 0 amide bonds. The van der Waals surface area contributed by atoms with E-state index in [9.17, 15) is 0 Å². The van der Waals surface area contributed by atoms with Gasteiger partial charge >= 0.3 is 0 Å². The van der Waals surface area contributed by atoms with E-state index in [1.807, 2.05) is 0 Å². The predicted octanol–water partition coefficient (Wildman–Crippen LogP) is 3.22. The summed E-state index contributed by atoms with van der Waals surface area (Å²) in [5, 5.41) is 3.59. The third kappa shape index (κ3) is 3.05. The van der Waals surface area contributed by atoms with Crippen LogP contribution in [0.25, 0.3) is 0 Å². The number of anilines is 1. The minimum Gasteiger partial charge on any atom is -0.370 e. The van der Waals surface area contributed by atoms with Crippen molar-refractivity contribution in [3.05, 3.63) is 29.8 Å². The molecule has 0 aliphatic carbocycles. The first-order valence-corrected chi connectivity index (χ1v) is 7.08. The minimum atomic E-state index is 0.279. The molecule has 0 spiro atoms. The molecule has 1 saturated heterocycles. The Morgan fingerprint density at radius 2 is 1.94 bits per heavy atom. The molecule has 0 saturated carbocycles. The first-order valence-electron chi connectivity index (χ1n) is 7.08. The summed E-state index contributed by atoms with van der Waals surface area (Å²) in [7, 11) is 2.21. The van der Waals surface area contributed by atoms with Gasteiger partial charge in [0.05, 0.1) is 0 Å². The SMILES string of the molecule is CCCc1ccc(N(C)C2CNC(C)(C)C2)cc1. The fourth-order valence-corrected chi connectivity index (χ4v) is 2.80. The summed E-state index contributed by atoms with van der Waals surface area (Å²) >= 11 is 0. The Labute approximate surface area is 111 Å². The molecule has 0 radical (unpaired) electrons. The summed E-state index contributed by atoms with van der Waals surface area (Å²) in [5.41, 5.74) is 3.06.